The van der Waals surface area contributed by atoms with E-state index in [4.69, 9.17) is 4.74 Å². The number of hydrogen-bond donors (Lipinski definition) is 1. The van der Waals surface area contributed by atoms with Crippen molar-refractivity contribution >= 4 is 12.6 Å². The van der Waals surface area contributed by atoms with Gasteiger partial charge in [0.05, 0.1) is 12.5 Å². The van der Waals surface area contributed by atoms with Crippen LogP contribution in [0.1, 0.15) is 10.9 Å². The average molecular weight is 215 g/mol. The second-order valence-electron chi connectivity index (χ2n) is 3.23. The van der Waals surface area contributed by atoms with Gasteiger partial charge in [0.2, 0.25) is 0 Å². The molecule has 0 saturated carbocycles. The first kappa shape index (κ1) is 11.3. The van der Waals surface area contributed by atoms with Gasteiger partial charge in [0.15, 0.2) is 11.6 Å². The van der Waals surface area contributed by atoms with E-state index in [1.165, 1.54) is 13.2 Å². The molecule has 0 spiro atoms. The van der Waals surface area contributed by atoms with Crippen molar-refractivity contribution in [2.75, 3.05) is 21.2 Å². The molecule has 0 aromatic heterocycles. The molecule has 0 aliphatic carbocycles. The number of ether oxygens (including phenoxy) is 1. The molecule has 4 heteroatoms. The molecule has 0 fully saturated rings. The van der Waals surface area contributed by atoms with Crippen molar-refractivity contribution in [3.8, 4) is 5.75 Å². The molecule has 14 heavy (non-hydrogen) atoms. The molecule has 0 radical (unpaired) electrons. The summed E-state index contributed by atoms with van der Waals surface area (Å²) in [6.07, 6.45) is 0. The third-order valence-electron chi connectivity index (χ3n) is 1.96. The number of halogens is 1. The first-order chi connectivity index (χ1) is 6.56. The van der Waals surface area contributed by atoms with Gasteiger partial charge in [0.1, 0.15) is 0 Å². The van der Waals surface area contributed by atoms with Crippen LogP contribution in [-0.4, -0.2) is 26.1 Å². The Bertz CT molecular complexity index is 317. The number of thiol groups is 1. The fourth-order valence-corrected chi connectivity index (χ4v) is 1.30. The van der Waals surface area contributed by atoms with Gasteiger partial charge in [-0.3, -0.25) is 4.90 Å². The minimum absolute atomic E-state index is 0.101. The molecule has 0 aliphatic heterocycles. The zero-order chi connectivity index (χ0) is 10.7. The molecule has 1 aromatic carbocycles. The molecule has 0 aliphatic rings. The highest BCUT2D eigenvalue weighted by Gasteiger charge is 2.11. The Morgan fingerprint density at radius 2 is 2.07 bits per heavy atom. The monoisotopic (exact) mass is 215 g/mol. The van der Waals surface area contributed by atoms with E-state index < -0.39 is 0 Å². The molecule has 0 heterocycles. The summed E-state index contributed by atoms with van der Waals surface area (Å²) < 4.78 is 18.1. The van der Waals surface area contributed by atoms with Crippen LogP contribution in [0.4, 0.5) is 4.39 Å². The fraction of sp³-hybridized carbons (Fsp3) is 0.400. The predicted octanol–water partition coefficient (Wildman–Crippen LogP) is 2.32. The average Bonchev–Trinajstić information content (AvgIpc) is 2.16. The van der Waals surface area contributed by atoms with Crippen LogP contribution in [0.5, 0.6) is 5.75 Å². The van der Waals surface area contributed by atoms with Gasteiger partial charge in [-0.25, -0.2) is 4.39 Å². The number of methoxy groups -OCH3 is 1. The predicted molar refractivity (Wildman–Crippen MR) is 58.4 cm³/mol. The summed E-state index contributed by atoms with van der Waals surface area (Å²) in [5.41, 5.74) is 0.816. The number of hydrogen-bond acceptors (Lipinski definition) is 3. The molecule has 1 unspecified atom stereocenters. The lowest BCUT2D eigenvalue weighted by molar-refractivity contribution is 0.378. The lowest BCUT2D eigenvalue weighted by Crippen LogP contribution is -2.14. The Morgan fingerprint density at radius 3 is 2.50 bits per heavy atom. The zero-order valence-corrected chi connectivity index (χ0v) is 9.38. The zero-order valence-electron chi connectivity index (χ0n) is 8.49. The van der Waals surface area contributed by atoms with Gasteiger partial charge >= 0.3 is 0 Å². The van der Waals surface area contributed by atoms with E-state index in [9.17, 15) is 4.39 Å². The summed E-state index contributed by atoms with van der Waals surface area (Å²) in [6, 6.07) is 4.85. The van der Waals surface area contributed by atoms with E-state index in [1.807, 2.05) is 19.0 Å². The maximum Gasteiger partial charge on any atom is 0.165 e. The van der Waals surface area contributed by atoms with Crippen LogP contribution in [0.2, 0.25) is 0 Å². The topological polar surface area (TPSA) is 12.5 Å². The van der Waals surface area contributed by atoms with E-state index in [1.54, 1.807) is 12.1 Å². The minimum Gasteiger partial charge on any atom is -0.494 e. The third kappa shape index (κ3) is 2.39. The summed E-state index contributed by atoms with van der Waals surface area (Å²) in [5.74, 6) is -0.0982. The second kappa shape index (κ2) is 4.66. The number of benzene rings is 1. The highest BCUT2D eigenvalue weighted by atomic mass is 32.1. The molecule has 1 atom stereocenters. The van der Waals surface area contributed by atoms with Gasteiger partial charge in [-0.1, -0.05) is 6.07 Å². The van der Waals surface area contributed by atoms with Crippen LogP contribution in [0.3, 0.4) is 0 Å². The molecule has 2 nitrogen and oxygen atoms in total. The Balaban J connectivity index is 2.96. The van der Waals surface area contributed by atoms with Crippen molar-refractivity contribution < 1.29 is 9.13 Å². The molecule has 1 rings (SSSR count). The third-order valence-corrected chi connectivity index (χ3v) is 2.72. The SMILES string of the molecule is COc1ccc(C(S)N(C)C)cc1F. The summed E-state index contributed by atoms with van der Waals surface area (Å²) in [6.45, 7) is 0. The van der Waals surface area contributed by atoms with E-state index in [0.29, 0.717) is 0 Å². The standard InChI is InChI=1S/C10H14FNOS/c1-12(2)10(14)7-4-5-9(13-3)8(11)6-7/h4-6,10,14H,1-3H3. The quantitative estimate of drug-likeness (QED) is 0.613. The molecule has 1 aromatic rings. The Morgan fingerprint density at radius 1 is 1.43 bits per heavy atom. The van der Waals surface area contributed by atoms with Gasteiger partial charge in [-0.2, -0.15) is 12.6 Å². The normalized spacial score (nSPS) is 13.0. The smallest absolute Gasteiger partial charge is 0.165 e. The maximum absolute atomic E-state index is 13.3. The summed E-state index contributed by atoms with van der Waals surface area (Å²) in [5, 5.41) is -0.101. The van der Waals surface area contributed by atoms with E-state index in [0.717, 1.165) is 5.56 Å². The molecule has 0 saturated heterocycles. The van der Waals surface area contributed by atoms with Crippen molar-refractivity contribution in [3.63, 3.8) is 0 Å². The molecule has 0 amide bonds. The van der Waals surface area contributed by atoms with Crippen molar-refractivity contribution in [2.24, 2.45) is 0 Å². The largest absolute Gasteiger partial charge is 0.494 e. The molecule has 0 N–H and O–H groups in total. The molecule has 0 bridgehead atoms. The van der Waals surface area contributed by atoms with Crippen molar-refractivity contribution in [1.82, 2.24) is 4.90 Å². The van der Waals surface area contributed by atoms with Gasteiger partial charge in [0, 0.05) is 0 Å². The Kier molecular flexibility index (Phi) is 3.77. The summed E-state index contributed by atoms with van der Waals surface area (Å²) in [7, 11) is 5.22. The van der Waals surface area contributed by atoms with Crippen LogP contribution in [0, 0.1) is 5.82 Å². The van der Waals surface area contributed by atoms with Crippen LogP contribution >= 0.6 is 12.6 Å². The first-order valence-corrected chi connectivity index (χ1v) is 4.76. The van der Waals surface area contributed by atoms with Gasteiger partial charge in [-0.05, 0) is 31.8 Å². The van der Waals surface area contributed by atoms with Crippen LogP contribution in [-0.2, 0) is 0 Å². The number of rotatable bonds is 3. The van der Waals surface area contributed by atoms with Crippen molar-refractivity contribution in [1.29, 1.82) is 0 Å². The summed E-state index contributed by atoms with van der Waals surface area (Å²) >= 11 is 4.34. The highest BCUT2D eigenvalue weighted by molar-refractivity contribution is 7.80. The highest BCUT2D eigenvalue weighted by Crippen LogP contribution is 2.26. The lowest BCUT2D eigenvalue weighted by Gasteiger charge is -2.19. The van der Waals surface area contributed by atoms with Crippen molar-refractivity contribution in [2.45, 2.75) is 5.37 Å². The van der Waals surface area contributed by atoms with Gasteiger partial charge < -0.3 is 4.74 Å². The van der Waals surface area contributed by atoms with E-state index in [2.05, 4.69) is 12.6 Å². The maximum atomic E-state index is 13.3. The van der Waals surface area contributed by atoms with Crippen LogP contribution in [0.25, 0.3) is 0 Å². The molecular formula is C10H14FNOS. The van der Waals surface area contributed by atoms with Gasteiger partial charge in [-0.15, -0.1) is 0 Å². The fourth-order valence-electron chi connectivity index (χ4n) is 1.14. The van der Waals surface area contributed by atoms with Crippen molar-refractivity contribution in [3.05, 3.63) is 29.6 Å². The Hall–Kier alpha value is -0.740. The second-order valence-corrected chi connectivity index (χ2v) is 3.72. The molecule has 78 valence electrons. The van der Waals surface area contributed by atoms with Gasteiger partial charge in [0.25, 0.3) is 0 Å². The van der Waals surface area contributed by atoms with Crippen LogP contribution < -0.4 is 4.74 Å². The number of nitrogens with zero attached hydrogens (tertiary/aromatic N) is 1. The van der Waals surface area contributed by atoms with E-state index in [-0.39, 0.29) is 16.9 Å². The van der Waals surface area contributed by atoms with Crippen LogP contribution in [0.15, 0.2) is 18.2 Å². The minimum atomic E-state index is -0.356. The first-order valence-electron chi connectivity index (χ1n) is 4.24. The lowest BCUT2D eigenvalue weighted by atomic mass is 10.2. The Labute approximate surface area is 89.1 Å². The molecular weight excluding hydrogens is 201 g/mol. The summed E-state index contributed by atoms with van der Waals surface area (Å²) in [4.78, 5) is 1.89. The van der Waals surface area contributed by atoms with E-state index >= 15 is 0 Å².